The smallest absolute Gasteiger partial charge is 0.261 e. The summed E-state index contributed by atoms with van der Waals surface area (Å²) in [7, 11) is -3.75. The van der Waals surface area contributed by atoms with Crippen LogP contribution in [0, 0.1) is 6.92 Å². The van der Waals surface area contributed by atoms with Gasteiger partial charge in [0.2, 0.25) is 0 Å². The molecule has 1 amide bonds. The van der Waals surface area contributed by atoms with Crippen molar-refractivity contribution in [1.82, 2.24) is 0 Å². The lowest BCUT2D eigenvalue weighted by atomic mass is 10.2. The minimum atomic E-state index is -3.75. The number of anilines is 2. The van der Waals surface area contributed by atoms with Gasteiger partial charge in [-0.25, -0.2) is 8.42 Å². The molecule has 0 aromatic heterocycles. The van der Waals surface area contributed by atoms with Gasteiger partial charge in [0.05, 0.1) is 16.7 Å². The van der Waals surface area contributed by atoms with E-state index in [1.165, 1.54) is 6.07 Å². The molecule has 156 valence electrons. The Morgan fingerprint density at radius 3 is 2.33 bits per heavy atom. The van der Waals surface area contributed by atoms with Crippen molar-refractivity contribution in [3.05, 3.63) is 83.9 Å². The number of hydrogen-bond donors (Lipinski definition) is 2. The van der Waals surface area contributed by atoms with Crippen molar-refractivity contribution < 1.29 is 17.9 Å². The van der Waals surface area contributed by atoms with E-state index in [1.54, 1.807) is 60.7 Å². The molecule has 6 nitrogen and oxygen atoms in total. The topological polar surface area (TPSA) is 84.5 Å². The molecule has 0 radical (unpaired) electrons. The van der Waals surface area contributed by atoms with Crippen molar-refractivity contribution in [2.75, 3.05) is 10.0 Å². The van der Waals surface area contributed by atoms with Gasteiger partial charge in [-0.15, -0.1) is 0 Å². The van der Waals surface area contributed by atoms with E-state index in [0.717, 1.165) is 5.56 Å². The van der Waals surface area contributed by atoms with E-state index in [0.29, 0.717) is 22.7 Å². The molecule has 3 aromatic carbocycles. The molecule has 0 heterocycles. The number of aryl methyl sites for hydroxylation is 1. The summed E-state index contributed by atoms with van der Waals surface area (Å²) < 4.78 is 33.4. The summed E-state index contributed by atoms with van der Waals surface area (Å²) in [6, 6.07) is 20.0. The van der Waals surface area contributed by atoms with E-state index < -0.39 is 10.0 Å². The van der Waals surface area contributed by atoms with Gasteiger partial charge in [0.15, 0.2) is 0 Å². The van der Waals surface area contributed by atoms with Gasteiger partial charge < -0.3 is 10.1 Å². The Morgan fingerprint density at radius 2 is 1.63 bits per heavy atom. The second-order valence-corrected chi connectivity index (χ2v) is 8.80. The van der Waals surface area contributed by atoms with E-state index in [1.807, 2.05) is 26.8 Å². The molecule has 3 aromatic rings. The Balaban J connectivity index is 1.79. The van der Waals surface area contributed by atoms with E-state index >= 15 is 0 Å². The number of hydrogen-bond acceptors (Lipinski definition) is 4. The van der Waals surface area contributed by atoms with Crippen LogP contribution >= 0.6 is 0 Å². The number of carbonyl (C=O) groups is 1. The predicted molar refractivity (Wildman–Crippen MR) is 119 cm³/mol. The van der Waals surface area contributed by atoms with Crippen molar-refractivity contribution in [3.8, 4) is 5.75 Å². The summed E-state index contributed by atoms with van der Waals surface area (Å²) in [5.74, 6) is 0.197. The van der Waals surface area contributed by atoms with Gasteiger partial charge in [-0.2, -0.15) is 0 Å². The van der Waals surface area contributed by atoms with Crippen LogP contribution in [0.1, 0.15) is 29.8 Å². The first-order valence-corrected chi connectivity index (χ1v) is 11.0. The first kappa shape index (κ1) is 21.4. The Kier molecular flexibility index (Phi) is 6.42. The molecule has 0 aliphatic rings. The maximum Gasteiger partial charge on any atom is 0.261 e. The number of amides is 1. The lowest BCUT2D eigenvalue weighted by Gasteiger charge is -2.15. The average Bonchev–Trinajstić information content (AvgIpc) is 2.69. The summed E-state index contributed by atoms with van der Waals surface area (Å²) >= 11 is 0. The second-order valence-electron chi connectivity index (χ2n) is 7.12. The first-order valence-electron chi connectivity index (χ1n) is 9.51. The molecule has 30 heavy (non-hydrogen) atoms. The highest BCUT2D eigenvalue weighted by Crippen LogP contribution is 2.26. The first-order chi connectivity index (χ1) is 14.2. The second kappa shape index (κ2) is 9.00. The number of carbonyl (C=O) groups excluding carboxylic acids is 1. The SMILES string of the molecule is Cc1ccc(S(=O)(=O)Nc2cccc(C(=O)Nc3ccccc3OC(C)C)c2)cc1. The zero-order valence-electron chi connectivity index (χ0n) is 17.0. The summed E-state index contributed by atoms with van der Waals surface area (Å²) in [4.78, 5) is 12.9. The third-order valence-corrected chi connectivity index (χ3v) is 5.60. The zero-order valence-corrected chi connectivity index (χ0v) is 17.9. The molecule has 0 spiro atoms. The summed E-state index contributed by atoms with van der Waals surface area (Å²) in [6.45, 7) is 5.70. The summed E-state index contributed by atoms with van der Waals surface area (Å²) in [5, 5.41) is 2.82. The van der Waals surface area contributed by atoms with Crippen LogP contribution in [0.25, 0.3) is 0 Å². The van der Waals surface area contributed by atoms with Crippen molar-refractivity contribution in [3.63, 3.8) is 0 Å². The van der Waals surface area contributed by atoms with Crippen LogP contribution in [0.5, 0.6) is 5.75 Å². The van der Waals surface area contributed by atoms with Gasteiger partial charge in [0.25, 0.3) is 15.9 Å². The van der Waals surface area contributed by atoms with Crippen molar-refractivity contribution in [1.29, 1.82) is 0 Å². The minimum absolute atomic E-state index is 0.0393. The van der Waals surface area contributed by atoms with E-state index in [9.17, 15) is 13.2 Å². The van der Waals surface area contributed by atoms with Crippen LogP contribution in [-0.2, 0) is 10.0 Å². The van der Waals surface area contributed by atoms with Crippen LogP contribution in [0.2, 0.25) is 0 Å². The van der Waals surface area contributed by atoms with Crippen molar-refractivity contribution in [2.45, 2.75) is 31.8 Å². The molecule has 3 rings (SSSR count). The lowest BCUT2D eigenvalue weighted by Crippen LogP contribution is -2.16. The third-order valence-electron chi connectivity index (χ3n) is 4.21. The van der Waals surface area contributed by atoms with Gasteiger partial charge in [0.1, 0.15) is 5.75 Å². The van der Waals surface area contributed by atoms with Gasteiger partial charge in [-0.3, -0.25) is 9.52 Å². The van der Waals surface area contributed by atoms with Gasteiger partial charge in [-0.1, -0.05) is 35.9 Å². The highest BCUT2D eigenvalue weighted by molar-refractivity contribution is 7.92. The standard InChI is InChI=1S/C23H24N2O4S/c1-16(2)29-22-10-5-4-9-21(22)24-23(26)18-7-6-8-19(15-18)25-30(27,28)20-13-11-17(3)12-14-20/h4-16,25H,1-3H3,(H,24,26). The highest BCUT2D eigenvalue weighted by Gasteiger charge is 2.16. The Hall–Kier alpha value is -3.32. The summed E-state index contributed by atoms with van der Waals surface area (Å²) in [6.07, 6.45) is -0.0393. The number of rotatable bonds is 7. The third kappa shape index (κ3) is 5.39. The molecule has 2 N–H and O–H groups in total. The molecule has 0 fully saturated rings. The Morgan fingerprint density at radius 1 is 0.933 bits per heavy atom. The number of para-hydroxylation sites is 2. The summed E-state index contributed by atoms with van der Waals surface area (Å²) in [5.41, 5.74) is 2.13. The fraction of sp³-hybridized carbons (Fsp3) is 0.174. The quantitative estimate of drug-likeness (QED) is 0.569. The maximum atomic E-state index is 12.7. The van der Waals surface area contributed by atoms with E-state index in [-0.39, 0.29) is 16.9 Å². The molecule has 0 bridgehead atoms. The van der Waals surface area contributed by atoms with Crippen molar-refractivity contribution >= 4 is 27.3 Å². The molecule has 0 saturated heterocycles. The lowest BCUT2D eigenvalue weighted by molar-refractivity contribution is 0.102. The Labute approximate surface area is 177 Å². The van der Waals surface area contributed by atoms with Crippen molar-refractivity contribution in [2.24, 2.45) is 0 Å². The number of nitrogens with one attached hydrogen (secondary N) is 2. The van der Waals surface area contributed by atoms with Gasteiger partial charge in [-0.05, 0) is 63.2 Å². The zero-order chi connectivity index (χ0) is 21.7. The van der Waals surface area contributed by atoms with Crippen LogP contribution in [0.4, 0.5) is 11.4 Å². The van der Waals surface area contributed by atoms with Crippen LogP contribution in [0.15, 0.2) is 77.7 Å². The molecule has 0 aliphatic carbocycles. The minimum Gasteiger partial charge on any atom is -0.489 e. The van der Waals surface area contributed by atoms with Crippen LogP contribution in [-0.4, -0.2) is 20.4 Å². The highest BCUT2D eigenvalue weighted by atomic mass is 32.2. The molecule has 0 unspecified atom stereocenters. The molecular formula is C23H24N2O4S. The van der Waals surface area contributed by atoms with E-state index in [4.69, 9.17) is 4.74 Å². The molecule has 0 saturated carbocycles. The number of benzene rings is 3. The van der Waals surface area contributed by atoms with Gasteiger partial charge in [0, 0.05) is 11.3 Å². The van der Waals surface area contributed by atoms with Gasteiger partial charge >= 0.3 is 0 Å². The molecule has 0 atom stereocenters. The van der Waals surface area contributed by atoms with E-state index in [2.05, 4.69) is 10.0 Å². The molecular weight excluding hydrogens is 400 g/mol. The number of ether oxygens (including phenoxy) is 1. The largest absolute Gasteiger partial charge is 0.489 e. The molecule has 0 aliphatic heterocycles. The van der Waals surface area contributed by atoms with Crippen LogP contribution < -0.4 is 14.8 Å². The predicted octanol–water partition coefficient (Wildman–Crippen LogP) is 4.84. The monoisotopic (exact) mass is 424 g/mol. The average molecular weight is 425 g/mol. The van der Waals surface area contributed by atoms with Crippen LogP contribution in [0.3, 0.4) is 0 Å². The normalized spacial score (nSPS) is 11.2. The molecule has 7 heteroatoms. The fourth-order valence-corrected chi connectivity index (χ4v) is 3.83. The number of sulfonamides is 1. The maximum absolute atomic E-state index is 12.7. The Bertz CT molecular complexity index is 1140. The fourth-order valence-electron chi connectivity index (χ4n) is 2.78.